The van der Waals surface area contributed by atoms with E-state index in [1.807, 2.05) is 37.3 Å². The second-order valence-electron chi connectivity index (χ2n) is 4.31. The van der Waals surface area contributed by atoms with Crippen molar-refractivity contribution in [2.24, 2.45) is 0 Å². The van der Waals surface area contributed by atoms with Crippen LogP contribution in [0.15, 0.2) is 41.1 Å². The molecule has 0 saturated heterocycles. The molecule has 0 N–H and O–H groups in total. The van der Waals surface area contributed by atoms with Crippen molar-refractivity contribution in [3.05, 3.63) is 42.3 Å². The Balaban J connectivity index is 2.07. The molecule has 0 saturated carbocycles. The Labute approximate surface area is 107 Å². The van der Waals surface area contributed by atoms with Crippen LogP contribution >= 0.6 is 0 Å². The lowest BCUT2D eigenvalue weighted by atomic mass is 10.2. The molecule has 0 unspecified atom stereocenters. The summed E-state index contributed by atoms with van der Waals surface area (Å²) in [6.07, 6.45) is 1.79. The minimum atomic E-state index is 0.581. The van der Waals surface area contributed by atoms with Gasteiger partial charge in [0, 0.05) is 16.8 Å². The van der Waals surface area contributed by atoms with Crippen LogP contribution in [0.5, 0.6) is 0 Å². The number of aromatic nitrogens is 5. The Hall–Kier alpha value is -2.76. The highest BCUT2D eigenvalue weighted by molar-refractivity contribution is 5.93. The standard InChI is InChI=1S/C13H9N5O/c1-8-6-11(17-19-8)13-16-15-12-10-5-3-2-4-9(10)7-14-18(12)13/h2-7H,1H3. The summed E-state index contributed by atoms with van der Waals surface area (Å²) in [4.78, 5) is 0. The predicted molar refractivity (Wildman–Crippen MR) is 68.5 cm³/mol. The van der Waals surface area contributed by atoms with E-state index in [0.717, 1.165) is 16.5 Å². The molecule has 0 atom stereocenters. The van der Waals surface area contributed by atoms with Gasteiger partial charge in [0.15, 0.2) is 11.3 Å². The molecule has 0 amide bonds. The van der Waals surface area contributed by atoms with E-state index in [4.69, 9.17) is 4.52 Å². The van der Waals surface area contributed by atoms with Crippen molar-refractivity contribution in [2.45, 2.75) is 6.92 Å². The number of rotatable bonds is 1. The maximum absolute atomic E-state index is 5.07. The van der Waals surface area contributed by atoms with Crippen molar-refractivity contribution >= 4 is 16.4 Å². The quantitative estimate of drug-likeness (QED) is 0.519. The van der Waals surface area contributed by atoms with Gasteiger partial charge in [-0.05, 0) is 6.92 Å². The van der Waals surface area contributed by atoms with Gasteiger partial charge in [0.2, 0.25) is 5.82 Å². The van der Waals surface area contributed by atoms with Crippen molar-refractivity contribution in [1.29, 1.82) is 0 Å². The molecule has 0 aliphatic carbocycles. The summed E-state index contributed by atoms with van der Waals surface area (Å²) in [5, 5.41) is 18.7. The third-order valence-electron chi connectivity index (χ3n) is 3.01. The topological polar surface area (TPSA) is 69.1 Å². The van der Waals surface area contributed by atoms with Gasteiger partial charge in [-0.2, -0.15) is 9.61 Å². The molecular formula is C13H9N5O. The van der Waals surface area contributed by atoms with E-state index in [2.05, 4.69) is 20.5 Å². The average molecular weight is 251 g/mol. The zero-order valence-corrected chi connectivity index (χ0v) is 10.1. The van der Waals surface area contributed by atoms with Gasteiger partial charge in [-0.1, -0.05) is 29.4 Å². The molecule has 3 aromatic heterocycles. The zero-order valence-electron chi connectivity index (χ0n) is 10.1. The van der Waals surface area contributed by atoms with Crippen LogP contribution in [0, 0.1) is 6.92 Å². The normalized spacial score (nSPS) is 11.4. The summed E-state index contributed by atoms with van der Waals surface area (Å²) in [6, 6.07) is 9.75. The molecule has 0 aliphatic heterocycles. The van der Waals surface area contributed by atoms with Crippen molar-refractivity contribution in [3.63, 3.8) is 0 Å². The summed E-state index contributed by atoms with van der Waals surface area (Å²) < 4.78 is 6.75. The Morgan fingerprint density at radius 2 is 2.05 bits per heavy atom. The first-order valence-electron chi connectivity index (χ1n) is 5.86. The van der Waals surface area contributed by atoms with E-state index in [1.54, 1.807) is 10.7 Å². The number of nitrogens with zero attached hydrogens (tertiary/aromatic N) is 5. The Bertz CT molecular complexity index is 892. The maximum Gasteiger partial charge on any atom is 0.207 e. The third kappa shape index (κ3) is 1.43. The Morgan fingerprint density at radius 1 is 1.16 bits per heavy atom. The highest BCUT2D eigenvalue weighted by Crippen LogP contribution is 2.21. The molecule has 4 aromatic rings. The van der Waals surface area contributed by atoms with Crippen molar-refractivity contribution < 1.29 is 4.52 Å². The van der Waals surface area contributed by atoms with Gasteiger partial charge in [-0.25, -0.2) is 0 Å². The summed E-state index contributed by atoms with van der Waals surface area (Å²) in [6.45, 7) is 1.84. The molecular weight excluding hydrogens is 242 g/mol. The molecule has 0 aliphatic rings. The molecule has 0 fully saturated rings. The van der Waals surface area contributed by atoms with E-state index >= 15 is 0 Å². The first-order valence-corrected chi connectivity index (χ1v) is 5.86. The maximum atomic E-state index is 5.07. The van der Waals surface area contributed by atoms with Crippen LogP contribution in [0.1, 0.15) is 5.76 Å². The SMILES string of the molecule is Cc1cc(-c2nnc3c4ccccc4cnn23)no1. The lowest BCUT2D eigenvalue weighted by molar-refractivity contribution is 0.399. The van der Waals surface area contributed by atoms with Crippen LogP contribution in [0.4, 0.5) is 0 Å². The van der Waals surface area contributed by atoms with Crippen molar-refractivity contribution in [2.75, 3.05) is 0 Å². The fraction of sp³-hybridized carbons (Fsp3) is 0.0769. The van der Waals surface area contributed by atoms with Crippen LogP contribution in [0.3, 0.4) is 0 Å². The van der Waals surface area contributed by atoms with Gasteiger partial charge in [0.05, 0.1) is 6.20 Å². The van der Waals surface area contributed by atoms with Crippen LogP contribution in [-0.4, -0.2) is 25.0 Å². The van der Waals surface area contributed by atoms with Gasteiger partial charge >= 0.3 is 0 Å². The highest BCUT2D eigenvalue weighted by Gasteiger charge is 2.14. The second kappa shape index (κ2) is 3.61. The Morgan fingerprint density at radius 3 is 2.89 bits per heavy atom. The lowest BCUT2D eigenvalue weighted by Crippen LogP contribution is -1.95. The summed E-state index contributed by atoms with van der Waals surface area (Å²) in [5.74, 6) is 1.31. The number of hydrogen-bond acceptors (Lipinski definition) is 5. The van der Waals surface area contributed by atoms with Gasteiger partial charge in [0.25, 0.3) is 0 Å². The molecule has 0 spiro atoms. The molecule has 19 heavy (non-hydrogen) atoms. The minimum Gasteiger partial charge on any atom is -0.361 e. The summed E-state index contributed by atoms with van der Waals surface area (Å²) >= 11 is 0. The van der Waals surface area contributed by atoms with Gasteiger partial charge in [-0.15, -0.1) is 10.2 Å². The van der Waals surface area contributed by atoms with E-state index in [1.165, 1.54) is 0 Å². The van der Waals surface area contributed by atoms with Crippen LogP contribution in [-0.2, 0) is 0 Å². The van der Waals surface area contributed by atoms with Crippen LogP contribution < -0.4 is 0 Å². The minimum absolute atomic E-state index is 0.581. The van der Waals surface area contributed by atoms with Gasteiger partial charge < -0.3 is 4.52 Å². The largest absolute Gasteiger partial charge is 0.361 e. The van der Waals surface area contributed by atoms with Crippen LogP contribution in [0.2, 0.25) is 0 Å². The zero-order chi connectivity index (χ0) is 12.8. The van der Waals surface area contributed by atoms with Gasteiger partial charge in [-0.3, -0.25) is 0 Å². The molecule has 4 rings (SSSR count). The first kappa shape index (κ1) is 10.2. The molecule has 0 radical (unpaired) electrons. The second-order valence-corrected chi connectivity index (χ2v) is 4.31. The molecule has 1 aromatic carbocycles. The van der Waals surface area contributed by atoms with Gasteiger partial charge in [0.1, 0.15) is 5.76 Å². The fourth-order valence-electron chi connectivity index (χ4n) is 2.12. The average Bonchev–Trinajstić information content (AvgIpc) is 3.04. The molecule has 92 valence electrons. The van der Waals surface area contributed by atoms with E-state index in [9.17, 15) is 0 Å². The third-order valence-corrected chi connectivity index (χ3v) is 3.01. The number of aryl methyl sites for hydroxylation is 1. The fourth-order valence-corrected chi connectivity index (χ4v) is 2.12. The first-order chi connectivity index (χ1) is 9.33. The highest BCUT2D eigenvalue weighted by atomic mass is 16.5. The van der Waals surface area contributed by atoms with E-state index in [0.29, 0.717) is 17.2 Å². The van der Waals surface area contributed by atoms with E-state index in [-0.39, 0.29) is 0 Å². The molecule has 6 heteroatoms. The monoisotopic (exact) mass is 251 g/mol. The van der Waals surface area contributed by atoms with Crippen molar-refractivity contribution in [1.82, 2.24) is 25.0 Å². The number of benzene rings is 1. The van der Waals surface area contributed by atoms with E-state index < -0.39 is 0 Å². The molecule has 6 nitrogen and oxygen atoms in total. The molecule has 0 bridgehead atoms. The smallest absolute Gasteiger partial charge is 0.207 e. The Kier molecular flexibility index (Phi) is 1.94. The summed E-state index contributed by atoms with van der Waals surface area (Å²) in [7, 11) is 0. The number of fused-ring (bicyclic) bond motifs is 3. The number of hydrogen-bond donors (Lipinski definition) is 0. The molecule has 3 heterocycles. The summed E-state index contributed by atoms with van der Waals surface area (Å²) in [5.41, 5.74) is 1.35. The lowest BCUT2D eigenvalue weighted by Gasteiger charge is -1.98. The van der Waals surface area contributed by atoms with Crippen LogP contribution in [0.25, 0.3) is 27.9 Å². The van der Waals surface area contributed by atoms with Crippen molar-refractivity contribution in [3.8, 4) is 11.5 Å². The predicted octanol–water partition coefficient (Wildman–Crippen LogP) is 2.24.